The van der Waals surface area contributed by atoms with Crippen LogP contribution >= 0.6 is 11.6 Å². The molecule has 0 saturated heterocycles. The number of likely N-dealkylation sites (N-methyl/N-ethyl adjacent to an activating group) is 1. The van der Waals surface area contributed by atoms with Crippen molar-refractivity contribution in [2.45, 2.75) is 33.4 Å². The standard InChI is InChI=1S/C21H27ClN2O3/c1-6-27-19-10-8-16(11-20(19)26-5)13-24(4)15(3)21(25)23-18-12-17(22)9-7-14(18)2/h7-12,15H,6,13H2,1-5H3,(H,23,25)/p+1/t15-/m1/s1. The molecule has 0 fully saturated rings. The smallest absolute Gasteiger partial charge is 0.282 e. The normalized spacial score (nSPS) is 13.0. The van der Waals surface area contributed by atoms with Crippen molar-refractivity contribution in [3.05, 3.63) is 52.5 Å². The molecule has 0 aliphatic carbocycles. The van der Waals surface area contributed by atoms with Crippen LogP contribution in [0.5, 0.6) is 11.5 Å². The number of hydrogen-bond donors (Lipinski definition) is 2. The highest BCUT2D eigenvalue weighted by Crippen LogP contribution is 2.27. The number of benzene rings is 2. The summed E-state index contributed by atoms with van der Waals surface area (Å²) in [5, 5.41) is 3.58. The molecule has 0 aliphatic rings. The summed E-state index contributed by atoms with van der Waals surface area (Å²) >= 11 is 6.03. The molecule has 2 atom stereocenters. The summed E-state index contributed by atoms with van der Waals surface area (Å²) in [6.07, 6.45) is 0. The Balaban J connectivity index is 2.05. The minimum Gasteiger partial charge on any atom is -0.493 e. The number of halogens is 1. The molecular formula is C21H28ClN2O3+. The maximum Gasteiger partial charge on any atom is 0.282 e. The van der Waals surface area contributed by atoms with Crippen LogP contribution in [0.4, 0.5) is 5.69 Å². The molecule has 1 unspecified atom stereocenters. The fourth-order valence-electron chi connectivity index (χ4n) is 2.77. The summed E-state index contributed by atoms with van der Waals surface area (Å²) in [5.74, 6) is 1.38. The molecule has 0 bridgehead atoms. The van der Waals surface area contributed by atoms with Crippen LogP contribution in [0.3, 0.4) is 0 Å². The zero-order chi connectivity index (χ0) is 20.0. The van der Waals surface area contributed by atoms with Crippen molar-refractivity contribution in [3.63, 3.8) is 0 Å². The van der Waals surface area contributed by atoms with E-state index >= 15 is 0 Å². The van der Waals surface area contributed by atoms with Gasteiger partial charge in [0.2, 0.25) is 0 Å². The summed E-state index contributed by atoms with van der Waals surface area (Å²) in [7, 11) is 3.62. The SMILES string of the molecule is CCOc1ccc(C[NH+](C)[C@H](C)C(=O)Nc2cc(Cl)ccc2C)cc1OC. The minimum atomic E-state index is -0.235. The monoisotopic (exact) mass is 391 g/mol. The summed E-state index contributed by atoms with van der Waals surface area (Å²) in [6.45, 7) is 7.07. The lowest BCUT2D eigenvalue weighted by Gasteiger charge is -2.22. The predicted octanol–water partition coefficient (Wildman–Crippen LogP) is 3.10. The molecule has 2 aromatic carbocycles. The van der Waals surface area contributed by atoms with E-state index in [1.807, 2.05) is 58.2 Å². The molecule has 5 nitrogen and oxygen atoms in total. The molecule has 6 heteroatoms. The van der Waals surface area contributed by atoms with Gasteiger partial charge >= 0.3 is 0 Å². The lowest BCUT2D eigenvalue weighted by molar-refractivity contribution is -0.907. The van der Waals surface area contributed by atoms with Crippen LogP contribution in [0.25, 0.3) is 0 Å². The fourth-order valence-corrected chi connectivity index (χ4v) is 2.94. The topological polar surface area (TPSA) is 52.0 Å². The van der Waals surface area contributed by atoms with Gasteiger partial charge in [-0.2, -0.15) is 0 Å². The third-order valence-corrected chi connectivity index (χ3v) is 4.84. The van der Waals surface area contributed by atoms with Crippen molar-refractivity contribution < 1.29 is 19.2 Å². The first-order chi connectivity index (χ1) is 12.8. The second kappa shape index (κ2) is 9.62. The summed E-state index contributed by atoms with van der Waals surface area (Å²) < 4.78 is 11.0. The zero-order valence-electron chi connectivity index (χ0n) is 16.6. The average Bonchev–Trinajstić information content (AvgIpc) is 2.65. The molecule has 146 valence electrons. The lowest BCUT2D eigenvalue weighted by Crippen LogP contribution is -3.12. The van der Waals surface area contributed by atoms with Crippen LogP contribution in [0.2, 0.25) is 5.02 Å². The number of nitrogens with one attached hydrogen (secondary N) is 2. The highest BCUT2D eigenvalue weighted by molar-refractivity contribution is 6.31. The summed E-state index contributed by atoms with van der Waals surface area (Å²) in [6, 6.07) is 11.1. The van der Waals surface area contributed by atoms with Gasteiger partial charge in [0.1, 0.15) is 6.54 Å². The average molecular weight is 392 g/mol. The van der Waals surface area contributed by atoms with Crippen LogP contribution in [-0.2, 0) is 11.3 Å². The van der Waals surface area contributed by atoms with Crippen molar-refractivity contribution in [3.8, 4) is 11.5 Å². The maximum absolute atomic E-state index is 12.7. The molecule has 2 aromatic rings. The number of carbonyl (C=O) groups is 1. The van der Waals surface area contributed by atoms with E-state index in [0.717, 1.165) is 27.5 Å². The number of ether oxygens (including phenoxy) is 2. The second-order valence-corrected chi connectivity index (χ2v) is 7.05. The van der Waals surface area contributed by atoms with E-state index < -0.39 is 0 Å². The molecule has 0 aromatic heterocycles. The number of carbonyl (C=O) groups excluding carboxylic acids is 1. The Hall–Kier alpha value is -2.24. The van der Waals surface area contributed by atoms with Gasteiger partial charge in [0.25, 0.3) is 5.91 Å². The molecule has 27 heavy (non-hydrogen) atoms. The molecule has 2 rings (SSSR count). The van der Waals surface area contributed by atoms with E-state index in [2.05, 4.69) is 5.32 Å². The van der Waals surface area contributed by atoms with Gasteiger partial charge in [0, 0.05) is 16.3 Å². The zero-order valence-corrected chi connectivity index (χ0v) is 17.3. The van der Waals surface area contributed by atoms with Crippen molar-refractivity contribution in [1.29, 1.82) is 0 Å². The number of anilines is 1. The number of quaternary nitrogens is 1. The summed E-state index contributed by atoms with van der Waals surface area (Å²) in [4.78, 5) is 13.7. The van der Waals surface area contributed by atoms with E-state index in [9.17, 15) is 4.79 Å². The Bertz CT molecular complexity index is 795. The molecule has 0 spiro atoms. The van der Waals surface area contributed by atoms with E-state index in [-0.39, 0.29) is 11.9 Å². The van der Waals surface area contributed by atoms with Gasteiger partial charge in [0.05, 0.1) is 20.8 Å². The van der Waals surface area contributed by atoms with Gasteiger partial charge in [-0.15, -0.1) is 0 Å². The van der Waals surface area contributed by atoms with Crippen LogP contribution < -0.4 is 19.7 Å². The Labute approximate surface area is 166 Å². The number of methoxy groups -OCH3 is 1. The second-order valence-electron chi connectivity index (χ2n) is 6.61. The van der Waals surface area contributed by atoms with Crippen LogP contribution in [0, 0.1) is 6.92 Å². The Kier molecular flexibility index (Phi) is 7.51. The van der Waals surface area contributed by atoms with Gasteiger partial charge in [-0.05, 0) is 56.7 Å². The van der Waals surface area contributed by atoms with Crippen LogP contribution in [0.1, 0.15) is 25.0 Å². The first-order valence-corrected chi connectivity index (χ1v) is 9.42. The maximum atomic E-state index is 12.7. The molecule has 0 heterocycles. The first-order valence-electron chi connectivity index (χ1n) is 9.04. The Morgan fingerprint density at radius 1 is 1.22 bits per heavy atom. The minimum absolute atomic E-state index is 0.0456. The Morgan fingerprint density at radius 3 is 2.63 bits per heavy atom. The van der Waals surface area contributed by atoms with Gasteiger partial charge in [-0.25, -0.2) is 0 Å². The van der Waals surface area contributed by atoms with Gasteiger partial charge < -0.3 is 19.7 Å². The van der Waals surface area contributed by atoms with Gasteiger partial charge in [-0.3, -0.25) is 4.79 Å². The molecular weight excluding hydrogens is 364 g/mol. The predicted molar refractivity (Wildman–Crippen MR) is 109 cm³/mol. The lowest BCUT2D eigenvalue weighted by atomic mass is 10.1. The molecule has 0 radical (unpaired) electrons. The molecule has 0 aliphatic heterocycles. The van der Waals surface area contributed by atoms with Gasteiger partial charge in [-0.1, -0.05) is 17.7 Å². The fraction of sp³-hybridized carbons (Fsp3) is 0.381. The number of hydrogen-bond acceptors (Lipinski definition) is 3. The van der Waals surface area contributed by atoms with Crippen molar-refractivity contribution in [2.24, 2.45) is 0 Å². The highest BCUT2D eigenvalue weighted by Gasteiger charge is 2.23. The third-order valence-electron chi connectivity index (χ3n) is 4.60. The molecule has 0 saturated carbocycles. The van der Waals surface area contributed by atoms with E-state index in [1.165, 1.54) is 0 Å². The van der Waals surface area contributed by atoms with Crippen LogP contribution in [0.15, 0.2) is 36.4 Å². The van der Waals surface area contributed by atoms with E-state index in [1.54, 1.807) is 13.2 Å². The van der Waals surface area contributed by atoms with Gasteiger partial charge in [0.15, 0.2) is 17.5 Å². The first kappa shape index (κ1) is 21.1. The molecule has 2 N–H and O–H groups in total. The van der Waals surface area contributed by atoms with Crippen molar-refractivity contribution in [2.75, 3.05) is 26.1 Å². The summed E-state index contributed by atoms with van der Waals surface area (Å²) in [5.41, 5.74) is 2.80. The third kappa shape index (κ3) is 5.62. The van der Waals surface area contributed by atoms with E-state index in [4.69, 9.17) is 21.1 Å². The van der Waals surface area contributed by atoms with Crippen molar-refractivity contribution >= 4 is 23.2 Å². The number of amides is 1. The largest absolute Gasteiger partial charge is 0.493 e. The van der Waals surface area contributed by atoms with Crippen molar-refractivity contribution in [1.82, 2.24) is 0 Å². The highest BCUT2D eigenvalue weighted by atomic mass is 35.5. The van der Waals surface area contributed by atoms with Crippen LogP contribution in [-0.4, -0.2) is 32.7 Å². The Morgan fingerprint density at radius 2 is 1.96 bits per heavy atom. The number of rotatable bonds is 8. The van der Waals surface area contributed by atoms with E-state index in [0.29, 0.717) is 23.9 Å². The number of aryl methyl sites for hydroxylation is 1. The quantitative estimate of drug-likeness (QED) is 0.727. The molecule has 1 amide bonds.